The van der Waals surface area contributed by atoms with Crippen LogP contribution in [0.25, 0.3) is 11.8 Å². The molecular weight excluding hydrogens is 320 g/mol. The molecule has 0 amide bonds. The maximum Gasteiger partial charge on any atom is 0.363 e. The van der Waals surface area contributed by atoms with Gasteiger partial charge in [-0.05, 0) is 43.7 Å². The summed E-state index contributed by atoms with van der Waals surface area (Å²) in [6.45, 7) is 3.64. The third kappa shape index (κ3) is 2.87. The topological polar surface area (TPSA) is 82.5 Å². The molecule has 25 heavy (non-hydrogen) atoms. The Hall–Kier alpha value is -3.48. The summed E-state index contributed by atoms with van der Waals surface area (Å²) in [5.41, 5.74) is 2.65. The number of nitrogens with zero attached hydrogens (tertiary/aromatic N) is 4. The van der Waals surface area contributed by atoms with Crippen LogP contribution in [0.2, 0.25) is 0 Å². The van der Waals surface area contributed by atoms with Crippen molar-refractivity contribution in [1.29, 1.82) is 0 Å². The molecule has 0 saturated carbocycles. The van der Waals surface area contributed by atoms with Crippen molar-refractivity contribution in [1.82, 2.24) is 14.8 Å². The molecule has 0 spiro atoms. The average Bonchev–Trinajstić information content (AvgIpc) is 3.30. The van der Waals surface area contributed by atoms with Gasteiger partial charge in [0.1, 0.15) is 24.2 Å². The summed E-state index contributed by atoms with van der Waals surface area (Å²) in [5.74, 6) is 1.20. The van der Waals surface area contributed by atoms with Gasteiger partial charge in [0.05, 0.1) is 11.3 Å². The number of aliphatic imine (C=N–C) groups is 1. The summed E-state index contributed by atoms with van der Waals surface area (Å²) in [6, 6.07) is 9.32. The first-order chi connectivity index (χ1) is 12.1. The third-order valence-corrected chi connectivity index (χ3v) is 3.77. The molecule has 0 bridgehead atoms. The lowest BCUT2D eigenvalue weighted by molar-refractivity contribution is -0.129. The van der Waals surface area contributed by atoms with Crippen LogP contribution < -0.4 is 0 Å². The monoisotopic (exact) mass is 334 g/mol. The van der Waals surface area contributed by atoms with Gasteiger partial charge >= 0.3 is 5.97 Å². The van der Waals surface area contributed by atoms with E-state index in [-0.39, 0.29) is 11.6 Å². The standard InChI is InChI=1S/C18H14N4O3/c1-11-7-15(12(2)24-11)17-21-16(18(23)25-17)8-13-3-5-14(6-4-13)22-10-19-9-20-22/h3-10H,1-2H3/b16-8+. The lowest BCUT2D eigenvalue weighted by Crippen LogP contribution is -2.05. The zero-order valence-electron chi connectivity index (χ0n) is 13.6. The Morgan fingerprint density at radius 2 is 1.96 bits per heavy atom. The molecule has 4 rings (SSSR count). The van der Waals surface area contributed by atoms with Crippen molar-refractivity contribution in [2.45, 2.75) is 13.8 Å². The smallest absolute Gasteiger partial charge is 0.363 e. The molecule has 0 N–H and O–H groups in total. The van der Waals surface area contributed by atoms with Crippen LogP contribution in [0.3, 0.4) is 0 Å². The Morgan fingerprint density at radius 1 is 1.16 bits per heavy atom. The maximum atomic E-state index is 12.1. The number of aromatic nitrogens is 3. The number of hydrogen-bond donors (Lipinski definition) is 0. The highest BCUT2D eigenvalue weighted by molar-refractivity contribution is 6.13. The fraction of sp³-hybridized carbons (Fsp3) is 0.111. The lowest BCUT2D eigenvalue weighted by Gasteiger charge is -2.00. The molecule has 1 aliphatic heterocycles. The molecule has 2 aromatic heterocycles. The van der Waals surface area contributed by atoms with Crippen molar-refractivity contribution in [3.8, 4) is 5.69 Å². The number of carbonyl (C=O) groups excluding carboxylic acids is 1. The number of hydrogen-bond acceptors (Lipinski definition) is 6. The van der Waals surface area contributed by atoms with Crippen LogP contribution in [-0.2, 0) is 9.53 Å². The number of cyclic esters (lactones) is 1. The van der Waals surface area contributed by atoms with Crippen molar-refractivity contribution >= 4 is 17.9 Å². The van der Waals surface area contributed by atoms with Gasteiger partial charge < -0.3 is 9.15 Å². The van der Waals surface area contributed by atoms with Crippen LogP contribution in [0, 0.1) is 13.8 Å². The number of rotatable bonds is 3. The summed E-state index contributed by atoms with van der Waals surface area (Å²) >= 11 is 0. The second-order valence-electron chi connectivity index (χ2n) is 5.59. The van der Waals surface area contributed by atoms with Crippen molar-refractivity contribution in [3.63, 3.8) is 0 Å². The largest absolute Gasteiger partial charge is 0.466 e. The minimum absolute atomic E-state index is 0.252. The van der Waals surface area contributed by atoms with Crippen molar-refractivity contribution < 1.29 is 13.9 Å². The molecule has 3 aromatic rings. The molecule has 1 aromatic carbocycles. The zero-order valence-corrected chi connectivity index (χ0v) is 13.6. The molecule has 0 saturated heterocycles. The van der Waals surface area contributed by atoms with E-state index in [9.17, 15) is 4.79 Å². The van der Waals surface area contributed by atoms with Gasteiger partial charge in [-0.3, -0.25) is 0 Å². The minimum Gasteiger partial charge on any atom is -0.466 e. The second kappa shape index (κ2) is 5.86. The molecule has 124 valence electrons. The summed E-state index contributed by atoms with van der Waals surface area (Å²) in [6.07, 6.45) is 4.77. The predicted molar refractivity (Wildman–Crippen MR) is 90.1 cm³/mol. The molecule has 7 nitrogen and oxygen atoms in total. The highest BCUT2D eigenvalue weighted by Gasteiger charge is 2.26. The Kier molecular flexibility index (Phi) is 3.53. The highest BCUT2D eigenvalue weighted by atomic mass is 16.6. The molecule has 0 radical (unpaired) electrons. The van der Waals surface area contributed by atoms with Gasteiger partial charge in [-0.25, -0.2) is 19.5 Å². The molecular formula is C18H14N4O3. The first kappa shape index (κ1) is 15.1. The van der Waals surface area contributed by atoms with Crippen LogP contribution in [-0.4, -0.2) is 26.6 Å². The number of carbonyl (C=O) groups is 1. The van der Waals surface area contributed by atoms with Crippen molar-refractivity contribution in [2.24, 2.45) is 4.99 Å². The first-order valence-corrected chi connectivity index (χ1v) is 7.65. The van der Waals surface area contributed by atoms with Crippen LogP contribution >= 0.6 is 0 Å². The predicted octanol–water partition coefficient (Wildman–Crippen LogP) is 2.82. The SMILES string of the molecule is Cc1cc(C2=N/C(=C/c3ccc(-n4cncn4)cc3)C(=O)O2)c(C)o1. The van der Waals surface area contributed by atoms with Crippen LogP contribution in [0.5, 0.6) is 0 Å². The fourth-order valence-electron chi connectivity index (χ4n) is 2.59. The minimum atomic E-state index is -0.478. The number of esters is 1. The quantitative estimate of drug-likeness (QED) is 0.543. The van der Waals surface area contributed by atoms with E-state index in [0.29, 0.717) is 11.3 Å². The number of furan rings is 1. The summed E-state index contributed by atoms with van der Waals surface area (Å²) in [7, 11) is 0. The van der Waals surface area contributed by atoms with Crippen LogP contribution in [0.1, 0.15) is 22.6 Å². The average molecular weight is 334 g/mol. The van der Waals surface area contributed by atoms with E-state index in [1.165, 1.54) is 6.33 Å². The van der Waals surface area contributed by atoms with Crippen molar-refractivity contribution in [3.05, 3.63) is 71.3 Å². The zero-order chi connectivity index (χ0) is 17.4. The second-order valence-corrected chi connectivity index (χ2v) is 5.59. The third-order valence-electron chi connectivity index (χ3n) is 3.77. The highest BCUT2D eigenvalue weighted by Crippen LogP contribution is 2.23. The van der Waals surface area contributed by atoms with Gasteiger partial charge in [0.25, 0.3) is 0 Å². The van der Waals surface area contributed by atoms with E-state index >= 15 is 0 Å². The molecule has 7 heteroatoms. The molecule has 0 atom stereocenters. The summed E-state index contributed by atoms with van der Waals surface area (Å²) in [5, 5.41) is 4.07. The van der Waals surface area contributed by atoms with Gasteiger partial charge in [-0.2, -0.15) is 5.10 Å². The fourth-order valence-corrected chi connectivity index (χ4v) is 2.59. The van der Waals surface area contributed by atoms with E-state index in [4.69, 9.17) is 9.15 Å². The Morgan fingerprint density at radius 3 is 2.60 bits per heavy atom. The molecule has 0 unspecified atom stereocenters. The van der Waals surface area contributed by atoms with Crippen LogP contribution in [0.15, 0.2) is 58.1 Å². The Bertz CT molecular complexity index is 996. The maximum absolute atomic E-state index is 12.1. The van der Waals surface area contributed by atoms with Gasteiger partial charge in [0, 0.05) is 0 Å². The summed E-state index contributed by atoms with van der Waals surface area (Å²) in [4.78, 5) is 20.3. The van der Waals surface area contributed by atoms with E-state index in [0.717, 1.165) is 17.0 Å². The van der Waals surface area contributed by atoms with Gasteiger partial charge in [-0.1, -0.05) is 12.1 Å². The van der Waals surface area contributed by atoms with E-state index in [1.54, 1.807) is 23.2 Å². The summed E-state index contributed by atoms with van der Waals surface area (Å²) < 4.78 is 12.4. The van der Waals surface area contributed by atoms with E-state index in [2.05, 4.69) is 15.1 Å². The molecule has 0 aliphatic carbocycles. The van der Waals surface area contributed by atoms with E-state index in [1.807, 2.05) is 38.1 Å². The lowest BCUT2D eigenvalue weighted by atomic mass is 10.2. The Balaban J connectivity index is 1.62. The van der Waals surface area contributed by atoms with Gasteiger partial charge in [0.15, 0.2) is 5.70 Å². The molecule has 1 aliphatic rings. The first-order valence-electron chi connectivity index (χ1n) is 7.65. The number of benzene rings is 1. The Labute approximate surface area is 143 Å². The van der Waals surface area contributed by atoms with Crippen molar-refractivity contribution in [2.75, 3.05) is 0 Å². The van der Waals surface area contributed by atoms with Gasteiger partial charge in [-0.15, -0.1) is 0 Å². The van der Waals surface area contributed by atoms with Gasteiger partial charge in [0.2, 0.25) is 5.90 Å². The number of aryl methyl sites for hydroxylation is 2. The number of ether oxygens (including phenoxy) is 1. The normalized spacial score (nSPS) is 15.5. The van der Waals surface area contributed by atoms with E-state index < -0.39 is 5.97 Å². The van der Waals surface area contributed by atoms with Crippen LogP contribution in [0.4, 0.5) is 0 Å². The molecule has 3 heterocycles. The molecule has 0 fully saturated rings.